The maximum atomic E-state index is 13.2. The highest BCUT2D eigenvalue weighted by molar-refractivity contribution is 5.48. The Balaban J connectivity index is 2.38. The molecule has 0 radical (unpaired) electrons. The van der Waals surface area contributed by atoms with Gasteiger partial charge in [0.15, 0.2) is 0 Å². The third-order valence-electron chi connectivity index (χ3n) is 2.26. The average molecular weight is 238 g/mol. The molecule has 0 unspecified atom stereocenters. The molecule has 1 aromatic rings. The second-order valence-electron chi connectivity index (χ2n) is 3.38. The first-order valence-corrected chi connectivity index (χ1v) is 4.40. The summed E-state index contributed by atoms with van der Waals surface area (Å²) in [6, 6.07) is 2.59. The van der Waals surface area contributed by atoms with E-state index in [-0.39, 0.29) is 10.6 Å². The van der Waals surface area contributed by atoms with E-state index in [1.54, 1.807) is 6.07 Å². The van der Waals surface area contributed by atoms with Crippen LogP contribution in [0, 0.1) is 0 Å². The molecule has 0 aromatic heterocycles. The van der Waals surface area contributed by atoms with Crippen molar-refractivity contribution in [2.45, 2.75) is 12.2 Å². The van der Waals surface area contributed by atoms with Crippen molar-refractivity contribution in [3.05, 3.63) is 30.3 Å². The van der Waals surface area contributed by atoms with Gasteiger partial charge in [0.2, 0.25) is 0 Å². The van der Waals surface area contributed by atoms with Crippen molar-refractivity contribution < 1.29 is 22.0 Å². The largest absolute Gasteiger partial charge is 0.422 e. The maximum Gasteiger partial charge on any atom is 0.422 e. The Morgan fingerprint density at radius 2 is 1.56 bits per heavy atom. The number of rotatable bonds is 1. The Kier molecular flexibility index (Phi) is 2.30. The van der Waals surface area contributed by atoms with Crippen molar-refractivity contribution in [2.24, 2.45) is 0 Å². The average Bonchev–Trinajstić information content (AvgIpc) is 2.40. The van der Waals surface area contributed by atoms with Gasteiger partial charge < -0.3 is 0 Å². The Labute approximate surface area is 87.8 Å². The number of halogens is 5. The van der Waals surface area contributed by atoms with E-state index >= 15 is 0 Å². The number of hydrogen-bond donors (Lipinski definition) is 0. The van der Waals surface area contributed by atoms with Crippen LogP contribution in [0.15, 0.2) is 30.3 Å². The monoisotopic (exact) mass is 238 g/mol. The first-order valence-electron chi connectivity index (χ1n) is 4.40. The highest BCUT2D eigenvalue weighted by Gasteiger charge is 2.65. The third kappa shape index (κ3) is 1.51. The molecule has 1 fully saturated rings. The second-order valence-corrected chi connectivity index (χ2v) is 3.38. The van der Waals surface area contributed by atoms with Gasteiger partial charge in [0.25, 0.3) is 0 Å². The van der Waals surface area contributed by atoms with E-state index in [2.05, 4.69) is 0 Å². The van der Waals surface area contributed by atoms with E-state index in [1.807, 2.05) is 0 Å². The molecular weight excluding hydrogens is 231 g/mol. The van der Waals surface area contributed by atoms with Crippen LogP contribution in [0.1, 0.15) is 0 Å². The predicted octanol–water partition coefficient (Wildman–Crippen LogP) is 2.84. The molecule has 0 spiro atoms. The van der Waals surface area contributed by atoms with Crippen LogP contribution in [0.25, 0.3) is 0 Å². The van der Waals surface area contributed by atoms with Gasteiger partial charge in [-0.15, -0.1) is 4.48 Å². The van der Waals surface area contributed by atoms with Crippen LogP contribution in [-0.2, 0) is 0 Å². The fraction of sp³-hybridized carbons (Fsp3) is 0.333. The number of hydrogen-bond acceptors (Lipinski definition) is 2. The molecule has 0 aliphatic carbocycles. The van der Waals surface area contributed by atoms with Gasteiger partial charge in [-0.3, -0.25) is 4.90 Å². The van der Waals surface area contributed by atoms with E-state index in [1.165, 1.54) is 24.3 Å². The molecule has 2 nitrogen and oxygen atoms in total. The summed E-state index contributed by atoms with van der Waals surface area (Å²) in [5.41, 5.74) is -0.160. The zero-order valence-corrected chi connectivity index (χ0v) is 7.88. The Bertz CT molecular complexity index is 381. The van der Waals surface area contributed by atoms with E-state index in [0.717, 1.165) is 0 Å². The minimum absolute atomic E-state index is 0.0208. The molecular formula is C9H7F5N2. The Morgan fingerprint density at radius 1 is 1.00 bits per heavy atom. The van der Waals surface area contributed by atoms with E-state index in [4.69, 9.17) is 0 Å². The SMILES string of the molecule is FN1C(F)(F)CN(c2ccccc2)C1(F)F. The first kappa shape index (κ1) is 11.1. The summed E-state index contributed by atoms with van der Waals surface area (Å²) in [5.74, 6) is 0. The van der Waals surface area contributed by atoms with Gasteiger partial charge >= 0.3 is 12.2 Å². The van der Waals surface area contributed by atoms with Gasteiger partial charge in [-0.05, 0) is 12.1 Å². The summed E-state index contributed by atoms with van der Waals surface area (Å²) in [5, 5.41) is -1.72. The number of benzene rings is 1. The predicted molar refractivity (Wildman–Crippen MR) is 46.6 cm³/mol. The van der Waals surface area contributed by atoms with Crippen LogP contribution < -0.4 is 4.90 Å². The first-order chi connectivity index (χ1) is 7.36. The molecule has 1 saturated heterocycles. The zero-order valence-electron chi connectivity index (χ0n) is 7.88. The van der Waals surface area contributed by atoms with Gasteiger partial charge in [0, 0.05) is 10.8 Å². The minimum atomic E-state index is -4.34. The van der Waals surface area contributed by atoms with Gasteiger partial charge in [0.1, 0.15) is 6.54 Å². The molecule has 16 heavy (non-hydrogen) atoms. The van der Waals surface area contributed by atoms with Crippen LogP contribution in [0.2, 0.25) is 0 Å². The van der Waals surface area contributed by atoms with Gasteiger partial charge in [-0.25, -0.2) is 0 Å². The molecule has 7 heteroatoms. The van der Waals surface area contributed by atoms with Crippen molar-refractivity contribution in [3.8, 4) is 0 Å². The zero-order chi connectivity index (χ0) is 12.0. The van der Waals surface area contributed by atoms with Crippen LogP contribution in [0.4, 0.5) is 27.7 Å². The second kappa shape index (κ2) is 3.31. The van der Waals surface area contributed by atoms with Crippen molar-refractivity contribution in [1.29, 1.82) is 0 Å². The lowest BCUT2D eigenvalue weighted by molar-refractivity contribution is -0.310. The van der Waals surface area contributed by atoms with E-state index in [0.29, 0.717) is 0 Å². The molecule has 1 aliphatic heterocycles. The van der Waals surface area contributed by atoms with Crippen LogP contribution in [0.5, 0.6) is 0 Å². The van der Waals surface area contributed by atoms with E-state index in [9.17, 15) is 22.0 Å². The fourth-order valence-corrected chi connectivity index (χ4v) is 1.50. The van der Waals surface area contributed by atoms with E-state index < -0.39 is 23.9 Å². The van der Waals surface area contributed by atoms with Crippen molar-refractivity contribution in [1.82, 2.24) is 5.12 Å². The lowest BCUT2D eigenvalue weighted by Gasteiger charge is -2.24. The highest BCUT2D eigenvalue weighted by atomic mass is 19.3. The summed E-state index contributed by atoms with van der Waals surface area (Å²) in [4.78, 5) is 0.0208. The maximum absolute atomic E-state index is 13.2. The normalized spacial score (nSPS) is 23.7. The van der Waals surface area contributed by atoms with Crippen LogP contribution in [0.3, 0.4) is 0 Å². The standard InChI is InChI=1S/C9H7F5N2/c10-8(11)6-15(9(12,13)16(8)14)7-4-2-1-3-5-7/h1-5H,6H2. The minimum Gasteiger partial charge on any atom is -0.290 e. The molecule has 0 saturated carbocycles. The molecule has 1 aromatic carbocycles. The van der Waals surface area contributed by atoms with Crippen LogP contribution >= 0.6 is 0 Å². The Morgan fingerprint density at radius 3 is 2.00 bits per heavy atom. The quantitative estimate of drug-likeness (QED) is 0.421. The van der Waals surface area contributed by atoms with Gasteiger partial charge in [-0.2, -0.15) is 17.6 Å². The number of para-hydroxylation sites is 1. The summed E-state index contributed by atoms with van der Waals surface area (Å²) in [6.07, 6.45) is -4.34. The highest BCUT2D eigenvalue weighted by Crippen LogP contribution is 2.44. The summed E-state index contributed by atoms with van der Waals surface area (Å²) >= 11 is 0. The number of anilines is 1. The molecule has 0 N–H and O–H groups in total. The van der Waals surface area contributed by atoms with Crippen LogP contribution in [-0.4, -0.2) is 23.9 Å². The van der Waals surface area contributed by atoms with Gasteiger partial charge in [0.05, 0.1) is 0 Å². The summed E-state index contributed by atoms with van der Waals surface area (Å²) in [6.45, 7) is -1.39. The molecule has 1 heterocycles. The van der Waals surface area contributed by atoms with Crippen molar-refractivity contribution in [2.75, 3.05) is 11.4 Å². The molecule has 1 aliphatic rings. The topological polar surface area (TPSA) is 6.48 Å². The van der Waals surface area contributed by atoms with Crippen molar-refractivity contribution >= 4 is 5.69 Å². The smallest absolute Gasteiger partial charge is 0.290 e. The number of nitrogens with zero attached hydrogens (tertiary/aromatic N) is 2. The molecule has 2 rings (SSSR count). The number of alkyl halides is 4. The molecule has 0 amide bonds. The lowest BCUT2D eigenvalue weighted by atomic mass is 10.3. The molecule has 88 valence electrons. The van der Waals surface area contributed by atoms with Crippen molar-refractivity contribution in [3.63, 3.8) is 0 Å². The third-order valence-corrected chi connectivity index (χ3v) is 2.26. The van der Waals surface area contributed by atoms with Gasteiger partial charge in [-0.1, -0.05) is 18.2 Å². The summed E-state index contributed by atoms with van der Waals surface area (Å²) in [7, 11) is 0. The lowest BCUT2D eigenvalue weighted by Crippen LogP contribution is -2.44. The molecule has 0 bridgehead atoms. The Hall–Kier alpha value is -1.37. The summed E-state index contributed by atoms with van der Waals surface area (Å²) < 4.78 is 64.7. The molecule has 0 atom stereocenters. The fourth-order valence-electron chi connectivity index (χ4n) is 1.50.